The molecule has 0 bridgehead atoms. The van der Waals surface area contributed by atoms with E-state index in [1.807, 2.05) is 72.8 Å². The molecule has 0 amide bonds. The number of carbonyl (C=O) groups is 1. The van der Waals surface area contributed by atoms with E-state index < -0.39 is 5.97 Å². The van der Waals surface area contributed by atoms with Crippen LogP contribution in [0.25, 0.3) is 21.9 Å². The van der Waals surface area contributed by atoms with Crippen LogP contribution in [0, 0.1) is 0 Å². The molecule has 26 heavy (non-hydrogen) atoms. The van der Waals surface area contributed by atoms with Crippen molar-refractivity contribution >= 4 is 39.2 Å². The van der Waals surface area contributed by atoms with Gasteiger partial charge >= 0.3 is 5.97 Å². The molecule has 0 unspecified atom stereocenters. The Kier molecular flexibility index (Phi) is 4.58. The van der Waals surface area contributed by atoms with E-state index in [4.69, 9.17) is 4.74 Å². The number of carbonyl (C=O) groups excluding carboxylic acids is 1. The highest BCUT2D eigenvalue weighted by Crippen LogP contribution is 2.27. The normalized spacial score (nSPS) is 11.5. The molecule has 0 fully saturated rings. The summed E-state index contributed by atoms with van der Waals surface area (Å²) in [5, 5.41) is 0.773. The number of hydrogen-bond acceptors (Lipinski definition) is 4. The first-order valence-corrected chi connectivity index (χ1v) is 9.01. The van der Waals surface area contributed by atoms with E-state index in [1.54, 1.807) is 29.5 Å². The van der Waals surface area contributed by atoms with Gasteiger partial charge < -0.3 is 4.74 Å². The Hall–Kier alpha value is -3.24. The van der Waals surface area contributed by atoms with Crippen molar-refractivity contribution in [2.75, 3.05) is 0 Å². The summed E-state index contributed by atoms with van der Waals surface area (Å²) in [6.45, 7) is 0. The van der Waals surface area contributed by atoms with Gasteiger partial charge in [-0.1, -0.05) is 60.7 Å². The summed E-state index contributed by atoms with van der Waals surface area (Å²) in [5.74, 6) is 0.116. The number of aromatic nitrogens is 1. The Morgan fingerprint density at radius 1 is 0.846 bits per heavy atom. The van der Waals surface area contributed by atoms with Crippen molar-refractivity contribution in [1.29, 1.82) is 0 Å². The summed E-state index contributed by atoms with van der Waals surface area (Å²) in [4.78, 5) is 17.4. The van der Waals surface area contributed by atoms with Gasteiger partial charge in [-0.2, -0.15) is 0 Å². The first-order valence-electron chi connectivity index (χ1n) is 8.19. The number of nitrogens with zero attached hydrogens (tertiary/aromatic N) is 1. The molecule has 0 aliphatic rings. The second kappa shape index (κ2) is 7.33. The molecule has 1 aromatic heterocycles. The van der Waals surface area contributed by atoms with Crippen LogP contribution in [0.2, 0.25) is 0 Å². The first kappa shape index (κ1) is 16.2. The van der Waals surface area contributed by atoms with Crippen molar-refractivity contribution in [1.82, 2.24) is 4.98 Å². The predicted molar refractivity (Wildman–Crippen MR) is 106 cm³/mol. The number of rotatable bonds is 4. The van der Waals surface area contributed by atoms with Crippen LogP contribution in [0.15, 0.2) is 84.9 Å². The Balaban J connectivity index is 1.74. The zero-order chi connectivity index (χ0) is 17.8. The molecule has 0 N–H and O–H groups in total. The minimum atomic E-state index is -0.401. The summed E-state index contributed by atoms with van der Waals surface area (Å²) < 4.78 is 6.63. The minimum Gasteiger partial charge on any atom is -0.423 e. The second-order valence-electron chi connectivity index (χ2n) is 5.65. The predicted octanol–water partition coefficient (Wildman–Crippen LogP) is 5.44. The van der Waals surface area contributed by atoms with Crippen LogP contribution in [0.5, 0.6) is 5.75 Å². The van der Waals surface area contributed by atoms with Gasteiger partial charge in [-0.3, -0.25) is 0 Å². The monoisotopic (exact) mass is 357 g/mol. The van der Waals surface area contributed by atoms with Gasteiger partial charge in [0.05, 0.1) is 15.8 Å². The average Bonchev–Trinajstić information content (AvgIpc) is 3.10. The number of thiazole rings is 1. The molecule has 3 nitrogen and oxygen atoms in total. The molecule has 4 aromatic rings. The molecule has 0 aliphatic heterocycles. The Morgan fingerprint density at radius 3 is 2.23 bits per heavy atom. The molecule has 126 valence electrons. The number of para-hydroxylation sites is 2. The van der Waals surface area contributed by atoms with Crippen molar-refractivity contribution in [3.8, 4) is 5.75 Å². The van der Waals surface area contributed by atoms with Gasteiger partial charge in [0.25, 0.3) is 0 Å². The van der Waals surface area contributed by atoms with Crippen molar-refractivity contribution in [2.24, 2.45) is 0 Å². The van der Waals surface area contributed by atoms with Gasteiger partial charge in [-0.25, -0.2) is 9.78 Å². The number of esters is 1. The summed E-state index contributed by atoms with van der Waals surface area (Å²) >= 11 is 1.55. The Morgan fingerprint density at radius 2 is 1.50 bits per heavy atom. The van der Waals surface area contributed by atoms with Crippen molar-refractivity contribution < 1.29 is 9.53 Å². The van der Waals surface area contributed by atoms with Gasteiger partial charge in [-0.05, 0) is 35.9 Å². The van der Waals surface area contributed by atoms with Crippen LogP contribution in [0.3, 0.4) is 0 Å². The lowest BCUT2D eigenvalue weighted by molar-refractivity contribution is -0.127. The maximum atomic E-state index is 12.8. The Labute approximate surface area is 155 Å². The molecule has 0 radical (unpaired) electrons. The second-order valence-corrected chi connectivity index (χ2v) is 6.71. The van der Waals surface area contributed by atoms with Crippen molar-refractivity contribution in [2.45, 2.75) is 0 Å². The summed E-state index contributed by atoms with van der Waals surface area (Å²) in [5.41, 5.74) is 2.20. The number of benzene rings is 3. The fourth-order valence-corrected chi connectivity index (χ4v) is 3.51. The van der Waals surface area contributed by atoms with Gasteiger partial charge in [0.2, 0.25) is 0 Å². The van der Waals surface area contributed by atoms with Crippen LogP contribution in [0.1, 0.15) is 10.6 Å². The highest BCUT2D eigenvalue weighted by Gasteiger charge is 2.16. The molecule has 4 heteroatoms. The van der Waals surface area contributed by atoms with E-state index in [0.717, 1.165) is 20.8 Å². The third kappa shape index (κ3) is 3.55. The van der Waals surface area contributed by atoms with E-state index in [1.165, 1.54) is 0 Å². The third-order valence-corrected chi connectivity index (χ3v) is 4.82. The number of fused-ring (bicyclic) bond motifs is 1. The number of ether oxygens (including phenoxy) is 1. The van der Waals surface area contributed by atoms with Gasteiger partial charge in [-0.15, -0.1) is 11.3 Å². The van der Waals surface area contributed by atoms with E-state index in [0.29, 0.717) is 11.3 Å². The van der Waals surface area contributed by atoms with E-state index in [9.17, 15) is 4.79 Å². The van der Waals surface area contributed by atoms with Gasteiger partial charge in [0.1, 0.15) is 10.8 Å². The fraction of sp³-hybridized carbons (Fsp3) is 0. The molecule has 1 heterocycles. The molecule has 3 aromatic carbocycles. The molecule has 0 atom stereocenters. The lowest BCUT2D eigenvalue weighted by atomic mass is 10.1. The van der Waals surface area contributed by atoms with E-state index in [2.05, 4.69) is 4.98 Å². The number of hydrogen-bond donors (Lipinski definition) is 0. The van der Waals surface area contributed by atoms with Crippen LogP contribution < -0.4 is 4.74 Å². The Bertz CT molecular complexity index is 1040. The third-order valence-electron chi connectivity index (χ3n) is 3.84. The van der Waals surface area contributed by atoms with E-state index >= 15 is 0 Å². The van der Waals surface area contributed by atoms with Crippen molar-refractivity contribution in [3.05, 3.63) is 95.5 Å². The highest BCUT2D eigenvalue weighted by atomic mass is 32.1. The summed E-state index contributed by atoms with van der Waals surface area (Å²) in [6.07, 6.45) is 1.80. The smallest absolute Gasteiger partial charge is 0.344 e. The van der Waals surface area contributed by atoms with Crippen LogP contribution in [-0.4, -0.2) is 11.0 Å². The molecule has 0 saturated carbocycles. The molecular formula is C22H15NO2S. The fourth-order valence-electron chi connectivity index (χ4n) is 2.60. The summed E-state index contributed by atoms with van der Waals surface area (Å²) in [6, 6.07) is 26.5. The summed E-state index contributed by atoms with van der Waals surface area (Å²) in [7, 11) is 0. The zero-order valence-electron chi connectivity index (χ0n) is 13.8. The lowest BCUT2D eigenvalue weighted by Gasteiger charge is -2.08. The highest BCUT2D eigenvalue weighted by molar-refractivity contribution is 7.19. The molecule has 0 spiro atoms. The van der Waals surface area contributed by atoms with Crippen LogP contribution in [-0.2, 0) is 4.79 Å². The first-order chi connectivity index (χ1) is 12.8. The minimum absolute atomic E-state index is 0.401. The molecule has 0 aliphatic carbocycles. The SMILES string of the molecule is O=C(Oc1ccccc1)C(=Cc1nc2ccccc2s1)c1ccccc1. The molecular weight excluding hydrogens is 342 g/mol. The van der Waals surface area contributed by atoms with Crippen LogP contribution in [0.4, 0.5) is 0 Å². The lowest BCUT2D eigenvalue weighted by Crippen LogP contribution is -2.10. The maximum absolute atomic E-state index is 12.8. The topological polar surface area (TPSA) is 39.2 Å². The quantitative estimate of drug-likeness (QED) is 0.277. The average molecular weight is 357 g/mol. The van der Waals surface area contributed by atoms with Gasteiger partial charge in [0, 0.05) is 0 Å². The van der Waals surface area contributed by atoms with Crippen LogP contribution >= 0.6 is 11.3 Å². The molecule has 4 rings (SSSR count). The van der Waals surface area contributed by atoms with Crippen molar-refractivity contribution in [3.63, 3.8) is 0 Å². The van der Waals surface area contributed by atoms with Gasteiger partial charge in [0.15, 0.2) is 0 Å². The standard InChI is InChI=1S/C22H15NO2S/c24-22(25-17-11-5-2-6-12-17)18(16-9-3-1-4-10-16)15-21-23-19-13-7-8-14-20(19)26-21/h1-15H. The van der Waals surface area contributed by atoms with E-state index in [-0.39, 0.29) is 0 Å². The zero-order valence-corrected chi connectivity index (χ0v) is 14.6. The maximum Gasteiger partial charge on any atom is 0.344 e. The molecule has 0 saturated heterocycles. The largest absolute Gasteiger partial charge is 0.423 e.